The lowest BCUT2D eigenvalue weighted by molar-refractivity contribution is 0.0525. The van der Waals surface area contributed by atoms with Crippen LogP contribution in [0.25, 0.3) is 0 Å². The molecule has 0 amide bonds. The third-order valence-corrected chi connectivity index (χ3v) is 7.12. The highest BCUT2D eigenvalue weighted by Gasteiger charge is 2.33. The van der Waals surface area contributed by atoms with Crippen molar-refractivity contribution in [3.63, 3.8) is 0 Å². The molecule has 1 N–H and O–H groups in total. The SMILES string of the molecule is COc1ccc(OC[C@@H](O)CN(Cc2ccccc2Cl)[C@H]2CCS(=O)(=O)C2)cc1. The Balaban J connectivity index is 1.64. The normalized spacial score (nSPS) is 19.2. The zero-order valence-corrected chi connectivity index (χ0v) is 17.9. The molecule has 8 heteroatoms. The van der Waals surface area contributed by atoms with Crippen molar-refractivity contribution in [2.75, 3.05) is 31.8 Å². The number of nitrogens with zero attached hydrogens (tertiary/aromatic N) is 1. The van der Waals surface area contributed by atoms with Gasteiger partial charge in [0.2, 0.25) is 0 Å². The van der Waals surface area contributed by atoms with E-state index in [0.29, 0.717) is 30.3 Å². The summed E-state index contributed by atoms with van der Waals surface area (Å²) in [5.41, 5.74) is 0.904. The zero-order valence-electron chi connectivity index (χ0n) is 16.3. The number of ether oxygens (including phenoxy) is 2. The number of halogens is 1. The molecular weight excluding hydrogens is 414 g/mol. The van der Waals surface area contributed by atoms with E-state index in [0.717, 1.165) is 11.3 Å². The predicted octanol–water partition coefficient (Wildman–Crippen LogP) is 2.78. The second-order valence-electron chi connectivity index (χ2n) is 7.22. The number of aliphatic hydroxyl groups is 1. The fraction of sp³-hybridized carbons (Fsp3) is 0.429. The standard InChI is InChI=1S/C21H26ClNO5S/c1-27-19-6-8-20(9-7-19)28-14-18(24)13-23(17-10-11-29(25,26)15-17)12-16-4-2-3-5-21(16)22/h2-9,17-18,24H,10-15H2,1H3/t17-,18-/m0/s1. The topological polar surface area (TPSA) is 76.1 Å². The number of aliphatic hydroxyl groups excluding tert-OH is 1. The quantitative estimate of drug-likeness (QED) is 0.647. The first-order valence-corrected chi connectivity index (χ1v) is 11.7. The monoisotopic (exact) mass is 439 g/mol. The summed E-state index contributed by atoms with van der Waals surface area (Å²) in [7, 11) is -1.45. The van der Waals surface area contributed by atoms with Gasteiger partial charge in [-0.3, -0.25) is 4.90 Å². The minimum absolute atomic E-state index is 0.101. The molecule has 6 nitrogen and oxygen atoms in total. The van der Waals surface area contributed by atoms with Gasteiger partial charge in [-0.2, -0.15) is 0 Å². The van der Waals surface area contributed by atoms with Gasteiger partial charge in [0, 0.05) is 24.2 Å². The van der Waals surface area contributed by atoms with Crippen LogP contribution in [0.2, 0.25) is 5.02 Å². The maximum absolute atomic E-state index is 12.0. The fourth-order valence-electron chi connectivity index (χ4n) is 3.44. The summed E-state index contributed by atoms with van der Waals surface area (Å²) in [5.74, 6) is 1.63. The summed E-state index contributed by atoms with van der Waals surface area (Å²) in [4.78, 5) is 1.99. The molecule has 0 unspecified atom stereocenters. The summed E-state index contributed by atoms with van der Waals surface area (Å²) in [6.45, 7) is 0.867. The van der Waals surface area contributed by atoms with Crippen LogP contribution < -0.4 is 9.47 Å². The van der Waals surface area contributed by atoms with E-state index < -0.39 is 15.9 Å². The Hall–Kier alpha value is -1.80. The van der Waals surface area contributed by atoms with Crippen molar-refractivity contribution in [2.45, 2.75) is 25.1 Å². The van der Waals surface area contributed by atoms with E-state index in [1.807, 2.05) is 29.2 Å². The largest absolute Gasteiger partial charge is 0.497 e. The van der Waals surface area contributed by atoms with Crippen LogP contribution in [0.5, 0.6) is 11.5 Å². The van der Waals surface area contributed by atoms with Crippen LogP contribution in [0, 0.1) is 0 Å². The Bertz CT molecular complexity index is 904. The molecule has 2 aromatic carbocycles. The molecule has 29 heavy (non-hydrogen) atoms. The smallest absolute Gasteiger partial charge is 0.151 e. The lowest BCUT2D eigenvalue weighted by atomic mass is 10.1. The molecule has 0 spiro atoms. The molecule has 2 atom stereocenters. The van der Waals surface area contributed by atoms with E-state index >= 15 is 0 Å². The molecular formula is C21H26ClNO5S. The maximum Gasteiger partial charge on any atom is 0.151 e. The first-order chi connectivity index (χ1) is 13.9. The van der Waals surface area contributed by atoms with E-state index in [9.17, 15) is 13.5 Å². The summed E-state index contributed by atoms with van der Waals surface area (Å²) >= 11 is 6.29. The minimum atomic E-state index is -3.04. The summed E-state index contributed by atoms with van der Waals surface area (Å²) in [6, 6.07) is 14.5. The molecule has 1 fully saturated rings. The first kappa shape index (κ1) is 21.9. The number of methoxy groups -OCH3 is 1. The van der Waals surface area contributed by atoms with Crippen molar-refractivity contribution in [3.8, 4) is 11.5 Å². The van der Waals surface area contributed by atoms with E-state index in [2.05, 4.69) is 0 Å². The number of benzene rings is 2. The summed E-state index contributed by atoms with van der Waals surface area (Å²) in [6.07, 6.45) is -0.221. The van der Waals surface area contributed by atoms with Crippen LogP contribution in [0.3, 0.4) is 0 Å². The lowest BCUT2D eigenvalue weighted by Gasteiger charge is -2.30. The molecule has 1 heterocycles. The van der Waals surface area contributed by atoms with Gasteiger partial charge in [-0.1, -0.05) is 29.8 Å². The van der Waals surface area contributed by atoms with Crippen molar-refractivity contribution in [1.29, 1.82) is 0 Å². The molecule has 1 saturated heterocycles. The van der Waals surface area contributed by atoms with Gasteiger partial charge in [-0.05, 0) is 42.3 Å². The van der Waals surface area contributed by atoms with Crippen molar-refractivity contribution in [1.82, 2.24) is 4.90 Å². The Labute approximate surface area is 176 Å². The van der Waals surface area contributed by atoms with Gasteiger partial charge in [-0.15, -0.1) is 0 Å². The second-order valence-corrected chi connectivity index (χ2v) is 9.85. The average molecular weight is 440 g/mol. The number of hydrogen-bond acceptors (Lipinski definition) is 6. The van der Waals surface area contributed by atoms with Crippen LogP contribution in [-0.4, -0.2) is 62.3 Å². The first-order valence-electron chi connectivity index (χ1n) is 9.49. The molecule has 0 bridgehead atoms. The summed E-state index contributed by atoms with van der Waals surface area (Å²) in [5, 5.41) is 11.2. The van der Waals surface area contributed by atoms with Crippen molar-refractivity contribution in [3.05, 3.63) is 59.1 Å². The highest BCUT2D eigenvalue weighted by Crippen LogP contribution is 2.24. The van der Waals surface area contributed by atoms with Crippen LogP contribution in [-0.2, 0) is 16.4 Å². The predicted molar refractivity (Wildman–Crippen MR) is 113 cm³/mol. The second kappa shape index (κ2) is 9.80. The van der Waals surface area contributed by atoms with E-state index in [-0.39, 0.29) is 24.2 Å². The lowest BCUT2D eigenvalue weighted by Crippen LogP contribution is -2.42. The van der Waals surface area contributed by atoms with Gasteiger partial charge in [0.25, 0.3) is 0 Å². The molecule has 3 rings (SSSR count). The average Bonchev–Trinajstić information content (AvgIpc) is 3.07. The van der Waals surface area contributed by atoms with Gasteiger partial charge in [0.1, 0.15) is 24.2 Å². The molecule has 158 valence electrons. The minimum Gasteiger partial charge on any atom is -0.497 e. The van der Waals surface area contributed by atoms with Crippen LogP contribution >= 0.6 is 11.6 Å². The van der Waals surface area contributed by atoms with Gasteiger partial charge >= 0.3 is 0 Å². The van der Waals surface area contributed by atoms with Crippen LogP contribution in [0.15, 0.2) is 48.5 Å². The Morgan fingerprint density at radius 1 is 1.17 bits per heavy atom. The fourth-order valence-corrected chi connectivity index (χ4v) is 5.40. The van der Waals surface area contributed by atoms with Gasteiger partial charge in [0.15, 0.2) is 9.84 Å². The van der Waals surface area contributed by atoms with E-state index in [1.54, 1.807) is 31.4 Å². The van der Waals surface area contributed by atoms with Crippen LogP contribution in [0.1, 0.15) is 12.0 Å². The molecule has 1 aliphatic heterocycles. The number of sulfone groups is 1. The molecule has 0 aromatic heterocycles. The van der Waals surface area contributed by atoms with Crippen LogP contribution in [0.4, 0.5) is 0 Å². The third kappa shape index (κ3) is 6.34. The van der Waals surface area contributed by atoms with Gasteiger partial charge < -0.3 is 14.6 Å². The highest BCUT2D eigenvalue weighted by molar-refractivity contribution is 7.91. The molecule has 0 saturated carbocycles. The van der Waals surface area contributed by atoms with Gasteiger partial charge in [-0.25, -0.2) is 8.42 Å². The molecule has 2 aromatic rings. The Morgan fingerprint density at radius 3 is 2.48 bits per heavy atom. The number of hydrogen-bond donors (Lipinski definition) is 1. The van der Waals surface area contributed by atoms with Crippen molar-refractivity contribution in [2.24, 2.45) is 0 Å². The van der Waals surface area contributed by atoms with E-state index in [1.165, 1.54) is 0 Å². The third-order valence-electron chi connectivity index (χ3n) is 5.00. The van der Waals surface area contributed by atoms with Crippen molar-refractivity contribution < 1.29 is 23.0 Å². The molecule has 0 radical (unpaired) electrons. The maximum atomic E-state index is 12.0. The zero-order chi connectivity index (χ0) is 20.9. The summed E-state index contributed by atoms with van der Waals surface area (Å²) < 4.78 is 34.7. The number of rotatable bonds is 9. The Kier molecular flexibility index (Phi) is 7.40. The Morgan fingerprint density at radius 2 is 1.86 bits per heavy atom. The molecule has 0 aliphatic carbocycles. The van der Waals surface area contributed by atoms with E-state index in [4.69, 9.17) is 21.1 Å². The highest BCUT2D eigenvalue weighted by atomic mass is 35.5. The van der Waals surface area contributed by atoms with Gasteiger partial charge in [0.05, 0.1) is 18.6 Å². The van der Waals surface area contributed by atoms with Crippen molar-refractivity contribution >= 4 is 21.4 Å². The molecule has 1 aliphatic rings.